The molecule has 0 atom stereocenters. The second-order valence-corrected chi connectivity index (χ2v) is 8.26. The van der Waals surface area contributed by atoms with Crippen molar-refractivity contribution in [1.82, 2.24) is 15.0 Å². The van der Waals surface area contributed by atoms with Gasteiger partial charge in [-0.3, -0.25) is 15.0 Å². The van der Waals surface area contributed by atoms with Gasteiger partial charge in [0.25, 0.3) is 11.8 Å². The molecule has 3 aromatic rings. The molecule has 2 aromatic carbocycles. The summed E-state index contributed by atoms with van der Waals surface area (Å²) in [4.78, 5) is 25.6. The van der Waals surface area contributed by atoms with Gasteiger partial charge in [0, 0.05) is 34.2 Å². The summed E-state index contributed by atoms with van der Waals surface area (Å²) in [6, 6.07) is 16.4. The molecule has 2 heterocycles. The smallest absolute Gasteiger partial charge is 0.285 e. The van der Waals surface area contributed by atoms with E-state index in [0.29, 0.717) is 15.5 Å². The molecule has 1 N–H and O–H groups in total. The molecule has 0 spiro atoms. The van der Waals surface area contributed by atoms with Crippen LogP contribution in [0, 0.1) is 0 Å². The molecule has 0 unspecified atom stereocenters. The Kier molecular flexibility index (Phi) is 4.97. The van der Waals surface area contributed by atoms with Crippen LogP contribution in [0.3, 0.4) is 0 Å². The lowest BCUT2D eigenvalue weighted by molar-refractivity contribution is -0.123. The second-order valence-electron chi connectivity index (χ2n) is 6.15. The van der Waals surface area contributed by atoms with Gasteiger partial charge >= 0.3 is 0 Å². The molecule has 140 valence electrons. The number of aryl methyl sites for hydroxylation is 1. The van der Waals surface area contributed by atoms with Crippen LogP contribution < -0.4 is 5.43 Å². The van der Waals surface area contributed by atoms with Crippen molar-refractivity contribution in [3.8, 4) is 0 Å². The molecule has 0 bridgehead atoms. The maximum atomic E-state index is 12.8. The van der Waals surface area contributed by atoms with E-state index in [-0.39, 0.29) is 10.2 Å². The zero-order valence-electron chi connectivity index (χ0n) is 14.7. The van der Waals surface area contributed by atoms with E-state index in [4.69, 9.17) is 23.8 Å². The van der Waals surface area contributed by atoms with E-state index in [1.807, 2.05) is 41.9 Å². The number of nitrogens with zero attached hydrogens (tertiary/aromatic N) is 2. The van der Waals surface area contributed by atoms with Crippen LogP contribution in [0.2, 0.25) is 5.02 Å². The van der Waals surface area contributed by atoms with Gasteiger partial charge in [-0.2, -0.15) is 5.01 Å². The molecule has 0 saturated carbocycles. The molecule has 0 aliphatic carbocycles. The molecule has 1 fully saturated rings. The van der Waals surface area contributed by atoms with E-state index in [1.54, 1.807) is 30.3 Å². The number of hydrogen-bond donors (Lipinski definition) is 1. The monoisotopic (exact) mass is 427 g/mol. The number of carbonyl (C=O) groups excluding carboxylic acids is 2. The van der Waals surface area contributed by atoms with Crippen molar-refractivity contribution in [3.63, 3.8) is 0 Å². The number of nitrogens with one attached hydrogen (secondary N) is 1. The van der Waals surface area contributed by atoms with E-state index < -0.39 is 5.91 Å². The number of benzene rings is 2. The molecule has 1 saturated heterocycles. The van der Waals surface area contributed by atoms with Crippen molar-refractivity contribution >= 4 is 68.7 Å². The van der Waals surface area contributed by atoms with Crippen LogP contribution in [0.4, 0.5) is 0 Å². The van der Waals surface area contributed by atoms with Gasteiger partial charge < -0.3 is 4.57 Å². The van der Waals surface area contributed by atoms with Crippen LogP contribution in [0.5, 0.6) is 0 Å². The minimum atomic E-state index is -0.432. The van der Waals surface area contributed by atoms with Crippen LogP contribution in [0.15, 0.2) is 59.5 Å². The summed E-state index contributed by atoms with van der Waals surface area (Å²) in [5.41, 5.74) is 4.90. The van der Waals surface area contributed by atoms with Crippen LogP contribution in [0.25, 0.3) is 17.0 Å². The number of amides is 2. The second kappa shape index (κ2) is 7.43. The minimum absolute atomic E-state index is 0.275. The van der Waals surface area contributed by atoms with Crippen molar-refractivity contribution in [1.29, 1.82) is 0 Å². The third-order valence-corrected chi connectivity index (χ3v) is 5.94. The maximum absolute atomic E-state index is 12.8. The Labute approximate surface area is 175 Å². The highest BCUT2D eigenvalue weighted by molar-refractivity contribution is 8.26. The molecule has 8 heteroatoms. The Bertz CT molecular complexity index is 1150. The van der Waals surface area contributed by atoms with Crippen LogP contribution >= 0.6 is 35.6 Å². The Hall–Kier alpha value is -2.61. The lowest BCUT2D eigenvalue weighted by atomic mass is 10.2. The Morgan fingerprint density at radius 2 is 1.89 bits per heavy atom. The molecule has 1 aliphatic rings. The predicted molar refractivity (Wildman–Crippen MR) is 117 cm³/mol. The predicted octanol–water partition coefficient (Wildman–Crippen LogP) is 4.38. The summed E-state index contributed by atoms with van der Waals surface area (Å²) in [7, 11) is 1.94. The lowest BCUT2D eigenvalue weighted by Crippen LogP contribution is -2.44. The van der Waals surface area contributed by atoms with Crippen molar-refractivity contribution < 1.29 is 9.59 Å². The van der Waals surface area contributed by atoms with Crippen molar-refractivity contribution in [3.05, 3.63) is 75.8 Å². The molecular formula is C20H14ClN3O2S2. The fourth-order valence-electron chi connectivity index (χ4n) is 2.91. The molecule has 1 aliphatic heterocycles. The van der Waals surface area contributed by atoms with Gasteiger partial charge in [0.2, 0.25) is 0 Å². The Morgan fingerprint density at radius 1 is 1.18 bits per heavy atom. The highest BCUT2D eigenvalue weighted by Gasteiger charge is 2.34. The quantitative estimate of drug-likeness (QED) is 0.498. The SMILES string of the molecule is Cn1c(C=C2SC(=S)N(NC(=O)c3ccc(Cl)cc3)C2=O)cc2ccccc21. The molecule has 1 aromatic heterocycles. The summed E-state index contributed by atoms with van der Waals surface area (Å²) < 4.78 is 2.28. The number of thioether (sulfide) groups is 1. The van der Waals surface area contributed by atoms with Gasteiger partial charge in [-0.05, 0) is 54.7 Å². The first-order chi connectivity index (χ1) is 13.4. The van der Waals surface area contributed by atoms with Crippen LogP contribution in [-0.2, 0) is 11.8 Å². The average molecular weight is 428 g/mol. The number of aromatic nitrogens is 1. The number of fused-ring (bicyclic) bond motifs is 1. The average Bonchev–Trinajstić information content (AvgIpc) is 3.14. The summed E-state index contributed by atoms with van der Waals surface area (Å²) >= 11 is 12.3. The number of thiocarbonyl (C=S) groups is 1. The first kappa shape index (κ1) is 18.7. The minimum Gasteiger partial charge on any atom is -0.344 e. The highest BCUT2D eigenvalue weighted by Crippen LogP contribution is 2.32. The van der Waals surface area contributed by atoms with E-state index in [0.717, 1.165) is 33.4 Å². The number of carbonyl (C=O) groups is 2. The standard InChI is InChI=1S/C20H14ClN3O2S2/c1-23-15(10-13-4-2-3-5-16(13)23)11-17-19(26)24(20(27)28-17)22-18(25)12-6-8-14(21)9-7-12/h2-11H,1H3,(H,22,25). The summed E-state index contributed by atoms with van der Waals surface area (Å²) in [5, 5.41) is 2.72. The Balaban J connectivity index is 1.58. The first-order valence-corrected chi connectivity index (χ1v) is 9.93. The summed E-state index contributed by atoms with van der Waals surface area (Å²) in [6.07, 6.45) is 1.79. The molecule has 5 nitrogen and oxygen atoms in total. The van der Waals surface area contributed by atoms with Crippen molar-refractivity contribution in [2.45, 2.75) is 0 Å². The van der Waals surface area contributed by atoms with E-state index in [2.05, 4.69) is 5.43 Å². The van der Waals surface area contributed by atoms with Gasteiger partial charge in [-0.1, -0.05) is 41.6 Å². The summed E-state index contributed by atoms with van der Waals surface area (Å²) in [6.45, 7) is 0. The van der Waals surface area contributed by atoms with Gasteiger partial charge in [0.05, 0.1) is 4.91 Å². The third kappa shape index (κ3) is 3.44. The fraction of sp³-hybridized carbons (Fsp3) is 0.0500. The molecule has 0 radical (unpaired) electrons. The Morgan fingerprint density at radius 3 is 2.61 bits per heavy atom. The van der Waals surface area contributed by atoms with E-state index in [1.165, 1.54) is 0 Å². The lowest BCUT2D eigenvalue weighted by Gasteiger charge is -2.15. The number of halogens is 1. The van der Waals surface area contributed by atoms with Crippen LogP contribution in [-0.4, -0.2) is 25.7 Å². The van der Waals surface area contributed by atoms with Crippen molar-refractivity contribution in [2.75, 3.05) is 0 Å². The number of hydrazine groups is 1. The van der Waals surface area contributed by atoms with Crippen LogP contribution in [0.1, 0.15) is 16.1 Å². The topological polar surface area (TPSA) is 54.3 Å². The fourth-order valence-corrected chi connectivity index (χ4v) is 4.20. The first-order valence-electron chi connectivity index (χ1n) is 8.33. The van der Waals surface area contributed by atoms with Gasteiger partial charge in [-0.15, -0.1) is 0 Å². The van der Waals surface area contributed by atoms with Gasteiger partial charge in [-0.25, -0.2) is 0 Å². The molecule has 28 heavy (non-hydrogen) atoms. The number of para-hydroxylation sites is 1. The van der Waals surface area contributed by atoms with Gasteiger partial charge in [0.15, 0.2) is 4.32 Å². The highest BCUT2D eigenvalue weighted by atomic mass is 35.5. The van der Waals surface area contributed by atoms with E-state index in [9.17, 15) is 9.59 Å². The molecule has 4 rings (SSSR count). The number of hydrogen-bond acceptors (Lipinski definition) is 4. The van der Waals surface area contributed by atoms with E-state index >= 15 is 0 Å². The molecule has 2 amide bonds. The normalized spacial score (nSPS) is 15.6. The van der Waals surface area contributed by atoms with Gasteiger partial charge in [0.1, 0.15) is 0 Å². The molecular weight excluding hydrogens is 414 g/mol. The largest absolute Gasteiger partial charge is 0.344 e. The van der Waals surface area contributed by atoms with Crippen molar-refractivity contribution in [2.24, 2.45) is 7.05 Å². The zero-order valence-corrected chi connectivity index (χ0v) is 17.1. The summed E-state index contributed by atoms with van der Waals surface area (Å²) in [5.74, 6) is -0.790. The third-order valence-electron chi connectivity index (χ3n) is 4.38. The maximum Gasteiger partial charge on any atom is 0.285 e. The zero-order chi connectivity index (χ0) is 19.8. The number of rotatable bonds is 3.